The first-order chi connectivity index (χ1) is 18.4. The predicted octanol–water partition coefficient (Wildman–Crippen LogP) is 2.44. The Balaban J connectivity index is 1.66. The number of fused-ring (bicyclic) bond motifs is 3. The van der Waals surface area contributed by atoms with Gasteiger partial charge in [-0.25, -0.2) is 0 Å². The van der Waals surface area contributed by atoms with Crippen molar-refractivity contribution in [2.24, 2.45) is 17.6 Å². The van der Waals surface area contributed by atoms with E-state index in [0.717, 1.165) is 16.7 Å². The number of hydrogen-bond acceptors (Lipinski definition) is 8. The van der Waals surface area contributed by atoms with E-state index in [1.807, 2.05) is 43.3 Å². The smallest absolute Gasteiger partial charge is 0.255 e. The highest BCUT2D eigenvalue weighted by Gasteiger charge is 2.64. The second-order valence-corrected chi connectivity index (χ2v) is 10.7. The Morgan fingerprint density at radius 1 is 1.05 bits per heavy atom. The van der Waals surface area contributed by atoms with Gasteiger partial charge < -0.3 is 26.2 Å². The van der Waals surface area contributed by atoms with Gasteiger partial charge in [0.2, 0.25) is 5.78 Å². The molecule has 0 bridgehead atoms. The summed E-state index contributed by atoms with van der Waals surface area (Å²) >= 11 is 0. The highest BCUT2D eigenvalue weighted by molar-refractivity contribution is 6.24. The van der Waals surface area contributed by atoms with Crippen LogP contribution in [0.3, 0.4) is 0 Å². The van der Waals surface area contributed by atoms with Crippen LogP contribution >= 0.6 is 0 Å². The highest BCUT2D eigenvalue weighted by Crippen LogP contribution is 2.53. The van der Waals surface area contributed by atoms with Crippen molar-refractivity contribution in [3.8, 4) is 5.75 Å². The fourth-order valence-corrected chi connectivity index (χ4v) is 6.29. The van der Waals surface area contributed by atoms with Crippen molar-refractivity contribution in [3.05, 3.63) is 81.1 Å². The number of phenolic OH excluding ortho intramolecular Hbond substituents is 1. The van der Waals surface area contributed by atoms with Gasteiger partial charge in [0.15, 0.2) is 11.4 Å². The zero-order chi connectivity index (χ0) is 28.4. The van der Waals surface area contributed by atoms with Gasteiger partial charge in [-0.2, -0.15) is 0 Å². The van der Waals surface area contributed by atoms with Crippen LogP contribution in [0.5, 0.6) is 5.75 Å². The first kappa shape index (κ1) is 26.4. The van der Waals surface area contributed by atoms with Gasteiger partial charge in [-0.15, -0.1) is 0 Å². The Labute approximate surface area is 225 Å². The van der Waals surface area contributed by atoms with Crippen molar-refractivity contribution in [1.29, 1.82) is 0 Å². The molecule has 1 fully saturated rings. The van der Waals surface area contributed by atoms with Crippen LogP contribution in [0.25, 0.3) is 17.9 Å². The molecule has 0 aliphatic heterocycles. The summed E-state index contributed by atoms with van der Waals surface area (Å²) in [5.74, 6) is -6.65. The molecule has 0 radical (unpaired) electrons. The number of aliphatic hydroxyl groups excluding tert-OH is 2. The minimum atomic E-state index is -2.65. The first-order valence-corrected chi connectivity index (χ1v) is 12.6. The van der Waals surface area contributed by atoms with Crippen LogP contribution in [0.1, 0.15) is 34.2 Å². The van der Waals surface area contributed by atoms with Crippen LogP contribution < -0.4 is 5.73 Å². The van der Waals surface area contributed by atoms with Gasteiger partial charge in [-0.05, 0) is 62.5 Å². The third-order valence-electron chi connectivity index (χ3n) is 8.17. The molecule has 4 atom stereocenters. The number of benzene rings is 2. The number of hydrogen-bond donors (Lipinski definition) is 5. The van der Waals surface area contributed by atoms with Crippen molar-refractivity contribution < 1.29 is 34.8 Å². The molecule has 0 heterocycles. The van der Waals surface area contributed by atoms with E-state index in [1.165, 1.54) is 11.0 Å². The lowest BCUT2D eigenvalue weighted by Gasteiger charge is -2.50. The van der Waals surface area contributed by atoms with Crippen LogP contribution in [0, 0.1) is 18.8 Å². The lowest BCUT2D eigenvalue weighted by molar-refractivity contribution is -0.153. The minimum Gasteiger partial charge on any atom is -0.508 e. The normalized spacial score (nSPS) is 26.6. The fourth-order valence-electron chi connectivity index (χ4n) is 6.29. The molecular weight excluding hydrogens is 500 g/mol. The monoisotopic (exact) mass is 530 g/mol. The van der Waals surface area contributed by atoms with Gasteiger partial charge in [0.05, 0.1) is 11.6 Å². The van der Waals surface area contributed by atoms with Crippen LogP contribution in [0.15, 0.2) is 53.3 Å². The van der Waals surface area contributed by atoms with E-state index in [2.05, 4.69) is 0 Å². The third kappa shape index (κ3) is 3.88. The molecule has 2 aromatic carbocycles. The SMILES string of the molecule is Cc1ccc(/C=C/c2ccc(O)c3c2CC2CC4C(N(C)C)C(=O)C(C(N)=O)=C(O)C4(O)C(=O)C2=C3O)cc1. The van der Waals surface area contributed by atoms with E-state index in [4.69, 9.17) is 5.73 Å². The summed E-state index contributed by atoms with van der Waals surface area (Å²) in [6.07, 6.45) is 4.05. The van der Waals surface area contributed by atoms with Crippen molar-refractivity contribution >= 4 is 35.4 Å². The molecule has 2 aromatic rings. The van der Waals surface area contributed by atoms with Crippen molar-refractivity contribution in [2.45, 2.75) is 31.4 Å². The molecule has 202 valence electrons. The molecule has 1 saturated carbocycles. The number of primary amides is 1. The van der Waals surface area contributed by atoms with Crippen LogP contribution in [0.2, 0.25) is 0 Å². The zero-order valence-electron chi connectivity index (χ0n) is 21.8. The van der Waals surface area contributed by atoms with Crippen molar-refractivity contribution in [3.63, 3.8) is 0 Å². The molecule has 5 rings (SSSR count). The molecule has 9 heteroatoms. The molecule has 1 amide bonds. The number of phenols is 1. The van der Waals surface area contributed by atoms with E-state index in [1.54, 1.807) is 20.2 Å². The quantitative estimate of drug-likeness (QED) is 0.297. The predicted molar refractivity (Wildman–Crippen MR) is 144 cm³/mol. The number of nitrogens with zero attached hydrogens (tertiary/aromatic N) is 1. The largest absolute Gasteiger partial charge is 0.508 e. The summed E-state index contributed by atoms with van der Waals surface area (Å²) in [6, 6.07) is 9.93. The molecule has 6 N–H and O–H groups in total. The number of amides is 1. The Hall–Kier alpha value is -4.21. The molecule has 3 aliphatic rings. The lowest BCUT2D eigenvalue weighted by Crippen LogP contribution is -2.65. The van der Waals surface area contributed by atoms with E-state index in [0.29, 0.717) is 5.56 Å². The van der Waals surface area contributed by atoms with Gasteiger partial charge in [0.25, 0.3) is 5.91 Å². The van der Waals surface area contributed by atoms with E-state index >= 15 is 0 Å². The van der Waals surface area contributed by atoms with Gasteiger partial charge >= 0.3 is 0 Å². The number of rotatable bonds is 4. The number of aliphatic hydroxyl groups is 3. The van der Waals surface area contributed by atoms with Crippen LogP contribution in [-0.4, -0.2) is 68.5 Å². The highest BCUT2D eigenvalue weighted by atomic mass is 16.3. The molecule has 4 unspecified atom stereocenters. The topological polar surface area (TPSA) is 161 Å². The van der Waals surface area contributed by atoms with Gasteiger partial charge in [0, 0.05) is 11.5 Å². The summed E-state index contributed by atoms with van der Waals surface area (Å²) in [6.45, 7) is 1.99. The number of aryl methyl sites for hydroxylation is 1. The van der Waals surface area contributed by atoms with E-state index in [9.17, 15) is 34.8 Å². The second-order valence-electron chi connectivity index (χ2n) is 10.7. The minimum absolute atomic E-state index is 0.0442. The maximum Gasteiger partial charge on any atom is 0.255 e. The zero-order valence-corrected chi connectivity index (χ0v) is 21.8. The molecule has 9 nitrogen and oxygen atoms in total. The molecule has 0 saturated heterocycles. The number of ketones is 2. The van der Waals surface area contributed by atoms with Gasteiger partial charge in [0.1, 0.15) is 22.8 Å². The van der Waals surface area contributed by atoms with Crippen molar-refractivity contribution in [2.75, 3.05) is 14.1 Å². The number of Topliss-reactive ketones (excluding diaryl/α,β-unsaturated/α-hetero) is 2. The average Bonchev–Trinajstić information content (AvgIpc) is 2.86. The summed E-state index contributed by atoms with van der Waals surface area (Å²) in [4.78, 5) is 40.6. The van der Waals surface area contributed by atoms with Gasteiger partial charge in [-0.1, -0.05) is 48.0 Å². The van der Waals surface area contributed by atoms with E-state index in [-0.39, 0.29) is 29.7 Å². The Kier molecular flexibility index (Phi) is 6.24. The summed E-state index contributed by atoms with van der Waals surface area (Å²) in [5.41, 5.74) is 5.19. The third-order valence-corrected chi connectivity index (χ3v) is 8.17. The summed E-state index contributed by atoms with van der Waals surface area (Å²) in [5, 5.41) is 44.6. The van der Waals surface area contributed by atoms with Gasteiger partial charge in [-0.3, -0.25) is 19.3 Å². The maximum absolute atomic E-state index is 13.9. The Bertz CT molecular complexity index is 1520. The standard InChI is InChI=1S/C30H30N2O7/c1-14-4-6-15(7-5-14)8-9-16-10-11-20(33)22-18(16)12-17-13-19-24(32(2)3)26(35)23(29(31)38)28(37)30(19,39)27(36)21(17)25(22)34/h4-11,17,19,24,33-34,37,39H,12-13H2,1-3H3,(H2,31,38)/b9-8+. The molecule has 39 heavy (non-hydrogen) atoms. The Morgan fingerprint density at radius 2 is 1.72 bits per heavy atom. The average molecular weight is 531 g/mol. The number of likely N-dealkylation sites (N-methyl/N-ethyl adjacent to an activating group) is 1. The molecule has 0 aromatic heterocycles. The molecular formula is C30H30N2O7. The number of aromatic hydroxyl groups is 1. The summed E-state index contributed by atoms with van der Waals surface area (Å²) in [7, 11) is 3.14. The Morgan fingerprint density at radius 3 is 2.33 bits per heavy atom. The first-order valence-electron chi connectivity index (χ1n) is 12.6. The van der Waals surface area contributed by atoms with E-state index < -0.39 is 58.0 Å². The number of carbonyl (C=O) groups excluding carboxylic acids is 3. The number of nitrogens with two attached hydrogens (primary N) is 1. The summed E-state index contributed by atoms with van der Waals surface area (Å²) < 4.78 is 0. The van der Waals surface area contributed by atoms with Crippen molar-refractivity contribution in [1.82, 2.24) is 4.90 Å². The molecule has 3 aliphatic carbocycles. The van der Waals surface area contributed by atoms with Crippen LogP contribution in [-0.2, 0) is 20.8 Å². The molecule has 0 spiro atoms. The number of carbonyl (C=O) groups is 3. The lowest BCUT2D eigenvalue weighted by atomic mass is 9.57. The second kappa shape index (κ2) is 9.21. The van der Waals surface area contributed by atoms with Crippen LogP contribution in [0.4, 0.5) is 0 Å². The fraction of sp³-hybridized carbons (Fsp3) is 0.300. The maximum atomic E-state index is 13.9.